The summed E-state index contributed by atoms with van der Waals surface area (Å²) in [5.41, 5.74) is 4.54. The van der Waals surface area contributed by atoms with Crippen LogP contribution < -0.4 is 15.5 Å². The minimum absolute atomic E-state index is 0.0127. The van der Waals surface area contributed by atoms with Crippen molar-refractivity contribution in [3.8, 4) is 11.3 Å². The summed E-state index contributed by atoms with van der Waals surface area (Å²) < 4.78 is 6.41. The Kier molecular flexibility index (Phi) is 6.57. The Morgan fingerprint density at radius 2 is 1.83 bits per heavy atom. The van der Waals surface area contributed by atoms with E-state index >= 15 is 0 Å². The first-order valence-electron chi connectivity index (χ1n) is 12.0. The molecule has 2 N–H and O–H groups in total. The lowest BCUT2D eigenvalue weighted by atomic mass is 10.0. The highest BCUT2D eigenvalue weighted by molar-refractivity contribution is 7.80. The van der Waals surface area contributed by atoms with Crippen molar-refractivity contribution in [1.29, 1.82) is 0 Å². The van der Waals surface area contributed by atoms with E-state index in [1.165, 1.54) is 0 Å². The highest BCUT2D eigenvalue weighted by atomic mass is 32.1. The number of carbonyl (C=O) groups excluding carboxylic acids is 1. The molecular weight excluding hydrogens is 468 g/mol. The lowest BCUT2D eigenvalue weighted by molar-refractivity contribution is -0.118. The van der Waals surface area contributed by atoms with Gasteiger partial charge >= 0.3 is 0 Å². The van der Waals surface area contributed by atoms with Crippen LogP contribution in [0, 0.1) is 12.8 Å². The van der Waals surface area contributed by atoms with Crippen molar-refractivity contribution in [2.24, 2.45) is 5.92 Å². The lowest BCUT2D eigenvalue weighted by Gasteiger charge is -2.27. The number of hydrogen-bond donors (Lipinski definition) is 2. The van der Waals surface area contributed by atoms with Crippen LogP contribution in [0.3, 0.4) is 0 Å². The minimum Gasteiger partial charge on any atom is -0.459 e. The standard InChI is InChI=1S/C29H28N4O2S/c1-18(2)28(34)31-22-13-12-21(17-19(22)3)33-27(26(32-29(33)36)23-11-7-8-16-30-23)25-15-14-24(35-25)20-9-5-4-6-10-20/h4-18,26-27H,1-3H3,(H,31,34)(H,32,36)/t26-,27-/m0/s1. The Bertz CT molecular complexity index is 1380. The first kappa shape index (κ1) is 23.8. The molecule has 5 rings (SSSR count). The number of rotatable bonds is 6. The average molecular weight is 497 g/mol. The molecule has 182 valence electrons. The first-order chi connectivity index (χ1) is 17.4. The summed E-state index contributed by atoms with van der Waals surface area (Å²) in [6.07, 6.45) is 1.79. The molecule has 2 aromatic carbocycles. The van der Waals surface area contributed by atoms with E-state index in [-0.39, 0.29) is 23.9 Å². The van der Waals surface area contributed by atoms with Crippen LogP contribution in [0.5, 0.6) is 0 Å². The lowest BCUT2D eigenvalue weighted by Crippen LogP contribution is -2.29. The number of benzene rings is 2. The van der Waals surface area contributed by atoms with Gasteiger partial charge in [-0.05, 0) is 67.2 Å². The fraction of sp³-hybridized carbons (Fsp3) is 0.207. The summed E-state index contributed by atoms with van der Waals surface area (Å²) in [7, 11) is 0. The Balaban J connectivity index is 1.54. The van der Waals surface area contributed by atoms with Crippen LogP contribution in [-0.2, 0) is 4.79 Å². The van der Waals surface area contributed by atoms with Crippen molar-refractivity contribution in [2.75, 3.05) is 10.2 Å². The summed E-state index contributed by atoms with van der Waals surface area (Å²) in [5.74, 6) is 1.47. The van der Waals surface area contributed by atoms with Crippen molar-refractivity contribution in [3.63, 3.8) is 0 Å². The maximum Gasteiger partial charge on any atom is 0.226 e. The van der Waals surface area contributed by atoms with Crippen LogP contribution in [0.4, 0.5) is 11.4 Å². The van der Waals surface area contributed by atoms with Gasteiger partial charge in [0.25, 0.3) is 0 Å². The average Bonchev–Trinajstić information content (AvgIpc) is 3.51. The number of pyridine rings is 1. The summed E-state index contributed by atoms with van der Waals surface area (Å²) in [4.78, 5) is 18.9. The van der Waals surface area contributed by atoms with Crippen LogP contribution >= 0.6 is 12.2 Å². The summed E-state index contributed by atoms with van der Waals surface area (Å²) in [6, 6.07) is 25.4. The predicted molar refractivity (Wildman–Crippen MR) is 147 cm³/mol. The Hall–Kier alpha value is -3.97. The number of anilines is 2. The summed E-state index contributed by atoms with van der Waals surface area (Å²) in [6.45, 7) is 5.74. The Morgan fingerprint density at radius 1 is 1.06 bits per heavy atom. The van der Waals surface area contributed by atoms with Crippen molar-refractivity contribution in [2.45, 2.75) is 32.9 Å². The van der Waals surface area contributed by atoms with E-state index < -0.39 is 0 Å². The predicted octanol–water partition coefficient (Wildman–Crippen LogP) is 6.42. The summed E-state index contributed by atoms with van der Waals surface area (Å²) in [5, 5.41) is 7.06. The zero-order valence-electron chi connectivity index (χ0n) is 20.4. The molecule has 4 aromatic rings. The topological polar surface area (TPSA) is 70.4 Å². The van der Waals surface area contributed by atoms with E-state index in [4.69, 9.17) is 16.6 Å². The maximum absolute atomic E-state index is 12.2. The zero-order valence-corrected chi connectivity index (χ0v) is 21.3. The van der Waals surface area contributed by atoms with Gasteiger partial charge in [-0.25, -0.2) is 0 Å². The highest BCUT2D eigenvalue weighted by Crippen LogP contribution is 2.43. The van der Waals surface area contributed by atoms with Crippen molar-refractivity contribution >= 4 is 34.6 Å². The van der Waals surface area contributed by atoms with Crippen LogP contribution in [-0.4, -0.2) is 16.0 Å². The molecule has 0 unspecified atom stereocenters. The molecule has 3 heterocycles. The highest BCUT2D eigenvalue weighted by Gasteiger charge is 2.42. The monoisotopic (exact) mass is 496 g/mol. The third-order valence-corrected chi connectivity index (χ3v) is 6.66. The minimum atomic E-state index is -0.250. The third kappa shape index (κ3) is 4.62. The molecule has 0 bridgehead atoms. The van der Waals surface area contributed by atoms with E-state index in [2.05, 4.69) is 20.5 Å². The normalized spacial score (nSPS) is 17.3. The fourth-order valence-electron chi connectivity index (χ4n) is 4.41. The van der Waals surface area contributed by atoms with Gasteiger partial charge < -0.3 is 20.0 Å². The molecule has 1 aliphatic rings. The molecule has 1 fully saturated rings. The Morgan fingerprint density at radius 3 is 2.53 bits per heavy atom. The number of amides is 1. The summed E-state index contributed by atoms with van der Waals surface area (Å²) >= 11 is 5.83. The van der Waals surface area contributed by atoms with E-state index in [9.17, 15) is 4.79 Å². The quantitative estimate of drug-likeness (QED) is 0.300. The molecular formula is C29H28N4O2S. The van der Waals surface area contributed by atoms with Gasteiger partial charge in [0.05, 0.1) is 11.7 Å². The number of carbonyl (C=O) groups is 1. The largest absolute Gasteiger partial charge is 0.459 e. The second kappa shape index (κ2) is 9.95. The SMILES string of the molecule is Cc1cc(N2C(=S)N[C@@H](c3ccccn3)[C@@H]2c2ccc(-c3ccccc3)o2)ccc1NC(=O)C(C)C. The molecule has 1 saturated heterocycles. The second-order valence-corrected chi connectivity index (χ2v) is 9.59. The molecule has 0 aliphatic carbocycles. The van der Waals surface area contributed by atoms with Crippen LogP contribution in [0.2, 0.25) is 0 Å². The Labute approximate surface area is 216 Å². The molecule has 2 atom stereocenters. The van der Waals surface area contributed by atoms with Crippen molar-refractivity contribution < 1.29 is 9.21 Å². The number of aromatic nitrogens is 1. The number of nitrogens with one attached hydrogen (secondary N) is 2. The molecule has 0 saturated carbocycles. The number of nitrogens with zero attached hydrogens (tertiary/aromatic N) is 2. The number of furan rings is 1. The van der Waals surface area contributed by atoms with E-state index in [0.717, 1.165) is 39.7 Å². The molecule has 2 aromatic heterocycles. The molecule has 0 radical (unpaired) electrons. The maximum atomic E-state index is 12.2. The van der Waals surface area contributed by atoms with Gasteiger partial charge in [-0.1, -0.05) is 50.2 Å². The van der Waals surface area contributed by atoms with E-state index in [1.54, 1.807) is 6.20 Å². The van der Waals surface area contributed by atoms with Gasteiger partial charge in [0.1, 0.15) is 17.6 Å². The zero-order chi connectivity index (χ0) is 25.2. The third-order valence-electron chi connectivity index (χ3n) is 6.35. The molecule has 7 heteroatoms. The van der Waals surface area contributed by atoms with Gasteiger partial charge in [0, 0.05) is 29.1 Å². The molecule has 1 aliphatic heterocycles. The van der Waals surface area contributed by atoms with Crippen molar-refractivity contribution in [3.05, 3.63) is 102 Å². The number of aryl methyl sites for hydroxylation is 1. The fourth-order valence-corrected chi connectivity index (χ4v) is 4.75. The number of thiocarbonyl (C=S) groups is 1. The van der Waals surface area contributed by atoms with Crippen LogP contribution in [0.15, 0.2) is 89.5 Å². The smallest absolute Gasteiger partial charge is 0.226 e. The first-order valence-corrected chi connectivity index (χ1v) is 12.4. The van der Waals surface area contributed by atoms with Crippen LogP contribution in [0.25, 0.3) is 11.3 Å². The second-order valence-electron chi connectivity index (χ2n) is 9.21. The van der Waals surface area contributed by atoms with Gasteiger partial charge in [-0.3, -0.25) is 9.78 Å². The van der Waals surface area contributed by atoms with Gasteiger partial charge in [0.15, 0.2) is 5.11 Å². The van der Waals surface area contributed by atoms with Crippen molar-refractivity contribution in [1.82, 2.24) is 10.3 Å². The van der Waals surface area contributed by atoms with Crippen LogP contribution in [0.1, 0.15) is 42.9 Å². The molecule has 6 nitrogen and oxygen atoms in total. The molecule has 1 amide bonds. The van der Waals surface area contributed by atoms with Gasteiger partial charge in [-0.2, -0.15) is 0 Å². The van der Waals surface area contributed by atoms with E-state index in [0.29, 0.717) is 5.11 Å². The van der Waals surface area contributed by atoms with E-state index in [1.807, 2.05) is 99.6 Å². The molecule has 36 heavy (non-hydrogen) atoms. The molecule has 0 spiro atoms. The number of hydrogen-bond acceptors (Lipinski definition) is 4. The van der Waals surface area contributed by atoms with Gasteiger partial charge in [0.2, 0.25) is 5.91 Å². The van der Waals surface area contributed by atoms with Gasteiger partial charge in [-0.15, -0.1) is 0 Å².